The largest absolute Gasteiger partial charge is 0.394 e. The van der Waals surface area contributed by atoms with Gasteiger partial charge in [0.15, 0.2) is 0 Å². The zero-order valence-corrected chi connectivity index (χ0v) is 52.9. The number of rotatable bonds is 65. The summed E-state index contributed by atoms with van der Waals surface area (Å²) in [5.74, 6) is -0.596. The summed E-state index contributed by atoms with van der Waals surface area (Å²) in [6.45, 7) is 4.08. The SMILES string of the molecule is CCCCCCCCCCCCC/C=C\C/C=C\CCCCCCCCCCCCCCCCCCC(O)C(=O)NC(CO)C(O)C(O)CCC/C=C/CC/C=C/CC/C=C/CCCCCCCCCCCCCCCCCC. The maximum atomic E-state index is 12.7. The molecule has 0 heterocycles. The molecule has 0 aliphatic carbocycles. The van der Waals surface area contributed by atoms with Crippen LogP contribution in [0.1, 0.15) is 367 Å². The highest BCUT2D eigenvalue weighted by molar-refractivity contribution is 5.80. The number of aliphatic hydroxyl groups is 4. The Hall–Kier alpha value is -1.99. The van der Waals surface area contributed by atoms with E-state index in [1.165, 1.54) is 276 Å². The third kappa shape index (κ3) is 60.4. The molecule has 0 saturated heterocycles. The minimum atomic E-state index is -1.30. The summed E-state index contributed by atoms with van der Waals surface area (Å²) in [7, 11) is 0. The monoisotopic (exact) mass is 1110 g/mol. The van der Waals surface area contributed by atoms with E-state index in [4.69, 9.17) is 0 Å². The van der Waals surface area contributed by atoms with Gasteiger partial charge >= 0.3 is 0 Å². The summed E-state index contributed by atoms with van der Waals surface area (Å²) in [6, 6.07) is -1.02. The fraction of sp³-hybridized carbons (Fsp3) is 0.849. The Morgan fingerprint density at radius 2 is 0.570 bits per heavy atom. The van der Waals surface area contributed by atoms with E-state index in [0.29, 0.717) is 19.3 Å². The number of aliphatic hydroxyl groups excluding tert-OH is 4. The smallest absolute Gasteiger partial charge is 0.249 e. The number of allylic oxidation sites excluding steroid dienone is 10. The van der Waals surface area contributed by atoms with Crippen LogP contribution in [0.5, 0.6) is 0 Å². The molecule has 0 rings (SSSR count). The lowest BCUT2D eigenvalue weighted by Gasteiger charge is -2.27. The van der Waals surface area contributed by atoms with E-state index in [1.54, 1.807) is 0 Å². The van der Waals surface area contributed by atoms with E-state index in [2.05, 4.69) is 79.9 Å². The standard InChI is InChI=1S/C73H137NO5/c1-3-5-7-9-11-13-15-17-19-21-23-25-27-29-31-33-34-35-36-37-39-41-43-45-47-49-51-53-55-57-59-61-63-65-67-71(77)73(79)74-69(68-75)72(78)70(76)66-64-62-60-58-56-54-52-50-48-46-44-42-40-38-32-30-28-26-24-22-20-18-16-14-12-10-8-6-4-2/h27,29,33-34,42,44,50,52,58,60,69-72,75-78H,3-26,28,30-32,35-41,43,45-49,51,53-57,59,61-68H2,1-2H3,(H,74,79)/b29-27-,34-33-,44-42+,52-50+,60-58+. The van der Waals surface area contributed by atoms with Crippen molar-refractivity contribution in [2.75, 3.05) is 6.61 Å². The molecule has 0 aromatic heterocycles. The molecule has 0 aromatic carbocycles. The van der Waals surface area contributed by atoms with E-state index in [-0.39, 0.29) is 0 Å². The zero-order valence-electron chi connectivity index (χ0n) is 52.9. The molecule has 0 radical (unpaired) electrons. The molecule has 1 amide bonds. The molecule has 0 bridgehead atoms. The topological polar surface area (TPSA) is 110 Å². The van der Waals surface area contributed by atoms with Crippen molar-refractivity contribution in [3.05, 3.63) is 60.8 Å². The van der Waals surface area contributed by atoms with Gasteiger partial charge in [0.05, 0.1) is 18.8 Å². The number of unbranched alkanes of at least 4 members (excludes halogenated alkanes) is 46. The van der Waals surface area contributed by atoms with Crippen LogP contribution >= 0.6 is 0 Å². The first-order valence-corrected chi connectivity index (χ1v) is 35.2. The normalized spacial score (nSPS) is 13.8. The third-order valence-corrected chi connectivity index (χ3v) is 16.4. The van der Waals surface area contributed by atoms with Crippen molar-refractivity contribution in [1.29, 1.82) is 0 Å². The van der Waals surface area contributed by atoms with Gasteiger partial charge in [0.25, 0.3) is 0 Å². The van der Waals surface area contributed by atoms with Crippen molar-refractivity contribution >= 4 is 5.91 Å². The van der Waals surface area contributed by atoms with E-state index < -0.39 is 36.9 Å². The fourth-order valence-electron chi connectivity index (χ4n) is 10.9. The van der Waals surface area contributed by atoms with Crippen molar-refractivity contribution < 1.29 is 25.2 Å². The summed E-state index contributed by atoms with van der Waals surface area (Å²) in [5.41, 5.74) is 0. The number of amides is 1. The summed E-state index contributed by atoms with van der Waals surface area (Å²) in [6.07, 6.45) is 89.2. The second kappa shape index (κ2) is 66.8. The number of nitrogens with one attached hydrogen (secondary N) is 1. The van der Waals surface area contributed by atoms with Crippen molar-refractivity contribution in [3.8, 4) is 0 Å². The number of hydrogen-bond acceptors (Lipinski definition) is 5. The molecular formula is C73H137NO5. The van der Waals surface area contributed by atoms with Crippen LogP contribution in [0.2, 0.25) is 0 Å². The van der Waals surface area contributed by atoms with Crippen molar-refractivity contribution in [1.82, 2.24) is 5.32 Å². The molecule has 6 heteroatoms. The molecule has 464 valence electrons. The molecule has 4 atom stereocenters. The second-order valence-electron chi connectivity index (χ2n) is 24.2. The van der Waals surface area contributed by atoms with Gasteiger partial charge in [-0.3, -0.25) is 4.79 Å². The van der Waals surface area contributed by atoms with Crippen LogP contribution in [0.15, 0.2) is 60.8 Å². The van der Waals surface area contributed by atoms with Gasteiger partial charge in [-0.1, -0.05) is 331 Å². The van der Waals surface area contributed by atoms with Gasteiger partial charge < -0.3 is 25.7 Å². The Bertz CT molecular complexity index is 1340. The highest BCUT2D eigenvalue weighted by Crippen LogP contribution is 2.18. The van der Waals surface area contributed by atoms with E-state index in [9.17, 15) is 25.2 Å². The number of carbonyl (C=O) groups is 1. The molecular weight excluding hydrogens is 971 g/mol. The Labute approximate surface area is 492 Å². The van der Waals surface area contributed by atoms with Crippen LogP contribution in [-0.2, 0) is 4.79 Å². The minimum absolute atomic E-state index is 0.358. The van der Waals surface area contributed by atoms with E-state index in [1.807, 2.05) is 0 Å². The molecule has 0 aliphatic heterocycles. The average molecular weight is 1110 g/mol. The molecule has 5 N–H and O–H groups in total. The van der Waals surface area contributed by atoms with Crippen LogP contribution < -0.4 is 5.32 Å². The molecule has 4 unspecified atom stereocenters. The lowest BCUT2D eigenvalue weighted by molar-refractivity contribution is -0.132. The van der Waals surface area contributed by atoms with Crippen LogP contribution in [-0.4, -0.2) is 57.3 Å². The predicted molar refractivity (Wildman–Crippen MR) is 348 cm³/mol. The highest BCUT2D eigenvalue weighted by atomic mass is 16.3. The van der Waals surface area contributed by atoms with E-state index >= 15 is 0 Å². The Kier molecular flexibility index (Phi) is 65.1. The van der Waals surface area contributed by atoms with Crippen molar-refractivity contribution in [2.24, 2.45) is 0 Å². The third-order valence-electron chi connectivity index (χ3n) is 16.4. The van der Waals surface area contributed by atoms with Gasteiger partial charge in [-0.05, 0) is 96.3 Å². The molecule has 0 saturated carbocycles. The average Bonchev–Trinajstić information content (AvgIpc) is 3.45. The summed E-state index contributed by atoms with van der Waals surface area (Å²) in [4.78, 5) is 12.7. The summed E-state index contributed by atoms with van der Waals surface area (Å²) < 4.78 is 0. The van der Waals surface area contributed by atoms with Crippen molar-refractivity contribution in [2.45, 2.75) is 391 Å². The lowest BCUT2D eigenvalue weighted by atomic mass is 10.00. The van der Waals surface area contributed by atoms with Crippen LogP contribution in [0.25, 0.3) is 0 Å². The van der Waals surface area contributed by atoms with Gasteiger partial charge in [-0.25, -0.2) is 0 Å². The van der Waals surface area contributed by atoms with Gasteiger partial charge in [0.2, 0.25) is 5.91 Å². The maximum absolute atomic E-state index is 12.7. The maximum Gasteiger partial charge on any atom is 0.249 e. The molecule has 0 aromatic rings. The first-order valence-electron chi connectivity index (χ1n) is 35.2. The van der Waals surface area contributed by atoms with Gasteiger partial charge in [-0.2, -0.15) is 0 Å². The fourth-order valence-corrected chi connectivity index (χ4v) is 10.9. The van der Waals surface area contributed by atoms with Crippen LogP contribution in [0.3, 0.4) is 0 Å². The second-order valence-corrected chi connectivity index (χ2v) is 24.2. The highest BCUT2D eigenvalue weighted by Gasteiger charge is 2.28. The number of hydrogen-bond donors (Lipinski definition) is 5. The predicted octanol–water partition coefficient (Wildman–Crippen LogP) is 21.8. The zero-order chi connectivity index (χ0) is 57.3. The Morgan fingerprint density at radius 3 is 0.873 bits per heavy atom. The lowest BCUT2D eigenvalue weighted by Crippen LogP contribution is -2.53. The first kappa shape index (κ1) is 77.0. The Balaban J connectivity index is 3.62. The molecule has 0 fully saturated rings. The van der Waals surface area contributed by atoms with Crippen LogP contribution in [0, 0.1) is 0 Å². The minimum Gasteiger partial charge on any atom is -0.394 e. The molecule has 6 nitrogen and oxygen atoms in total. The van der Waals surface area contributed by atoms with Gasteiger partial charge in [-0.15, -0.1) is 0 Å². The van der Waals surface area contributed by atoms with Gasteiger partial charge in [0.1, 0.15) is 12.2 Å². The quantitative estimate of drug-likeness (QED) is 0.0308. The number of carbonyl (C=O) groups excluding carboxylic acids is 1. The van der Waals surface area contributed by atoms with E-state index in [0.717, 1.165) is 57.8 Å². The summed E-state index contributed by atoms with van der Waals surface area (Å²) >= 11 is 0. The van der Waals surface area contributed by atoms with Crippen LogP contribution in [0.4, 0.5) is 0 Å². The molecule has 79 heavy (non-hydrogen) atoms. The van der Waals surface area contributed by atoms with Crippen molar-refractivity contribution in [3.63, 3.8) is 0 Å². The molecule has 0 spiro atoms. The summed E-state index contributed by atoms with van der Waals surface area (Å²) in [5, 5.41) is 44.2. The van der Waals surface area contributed by atoms with Gasteiger partial charge in [0, 0.05) is 0 Å². The Morgan fingerprint density at radius 1 is 0.316 bits per heavy atom. The first-order chi connectivity index (χ1) is 39.0. The molecule has 0 aliphatic rings.